The van der Waals surface area contributed by atoms with Gasteiger partial charge in [0, 0.05) is 17.6 Å². The van der Waals surface area contributed by atoms with Gasteiger partial charge in [-0.15, -0.1) is 0 Å². The largest absolute Gasteiger partial charge is 0.483 e. The van der Waals surface area contributed by atoms with Crippen molar-refractivity contribution in [1.82, 2.24) is 4.90 Å². The van der Waals surface area contributed by atoms with Gasteiger partial charge in [0.15, 0.2) is 12.4 Å². The van der Waals surface area contributed by atoms with Gasteiger partial charge in [0.05, 0.1) is 5.56 Å². The van der Waals surface area contributed by atoms with E-state index in [0.717, 1.165) is 30.4 Å². The van der Waals surface area contributed by atoms with Gasteiger partial charge in [0.1, 0.15) is 5.75 Å². The second kappa shape index (κ2) is 6.88. The third-order valence-corrected chi connectivity index (χ3v) is 3.87. The van der Waals surface area contributed by atoms with Crippen molar-refractivity contribution in [3.8, 4) is 5.75 Å². The molecule has 1 aliphatic heterocycles. The van der Waals surface area contributed by atoms with Gasteiger partial charge in [0.2, 0.25) is 0 Å². The van der Waals surface area contributed by atoms with Gasteiger partial charge < -0.3 is 9.64 Å². The zero-order valence-corrected chi connectivity index (χ0v) is 13.1. The van der Waals surface area contributed by atoms with E-state index in [-0.39, 0.29) is 18.3 Å². The van der Waals surface area contributed by atoms with E-state index in [0.29, 0.717) is 11.3 Å². The Labute approximate surface area is 127 Å². The number of piperidine rings is 1. The Kier molecular flexibility index (Phi) is 5.17. The lowest BCUT2D eigenvalue weighted by Crippen LogP contribution is -2.38. The van der Waals surface area contributed by atoms with Crippen molar-refractivity contribution < 1.29 is 14.3 Å². The number of Topliss-reactive ketones (excluding diaryl/α,β-unsaturated/α-hetero) is 1. The van der Waals surface area contributed by atoms with Crippen LogP contribution in [-0.2, 0) is 4.79 Å². The topological polar surface area (TPSA) is 46.6 Å². The number of likely N-dealkylation sites (tertiary alicyclic amines) is 1. The van der Waals surface area contributed by atoms with Crippen LogP contribution in [0.25, 0.3) is 0 Å². The Morgan fingerprint density at radius 2 is 1.95 bits per heavy atom. The molecule has 0 aliphatic carbocycles. The molecular weight excluding hydrogens is 322 g/mol. The lowest BCUT2D eigenvalue weighted by atomic mass is 10.1. The van der Waals surface area contributed by atoms with Gasteiger partial charge in [-0.2, -0.15) is 0 Å². The highest BCUT2D eigenvalue weighted by Gasteiger charge is 2.18. The SMILES string of the molecule is CC(=O)c1cc(Br)ccc1OCC(=O)N1CCCCC1. The van der Waals surface area contributed by atoms with E-state index in [1.165, 1.54) is 13.3 Å². The van der Waals surface area contributed by atoms with Crippen LogP contribution in [0.4, 0.5) is 0 Å². The fourth-order valence-corrected chi connectivity index (χ4v) is 2.64. The highest BCUT2D eigenvalue weighted by molar-refractivity contribution is 9.10. The molecule has 1 amide bonds. The smallest absolute Gasteiger partial charge is 0.260 e. The van der Waals surface area contributed by atoms with E-state index in [4.69, 9.17) is 4.74 Å². The Hall–Kier alpha value is -1.36. The summed E-state index contributed by atoms with van der Waals surface area (Å²) in [5, 5.41) is 0. The van der Waals surface area contributed by atoms with Crippen molar-refractivity contribution in [3.05, 3.63) is 28.2 Å². The number of ketones is 1. The van der Waals surface area contributed by atoms with Crippen LogP contribution in [0.3, 0.4) is 0 Å². The molecule has 0 bridgehead atoms. The summed E-state index contributed by atoms with van der Waals surface area (Å²) < 4.78 is 6.35. The Morgan fingerprint density at radius 1 is 1.25 bits per heavy atom. The number of ether oxygens (including phenoxy) is 1. The molecule has 0 radical (unpaired) electrons. The zero-order chi connectivity index (χ0) is 14.5. The maximum Gasteiger partial charge on any atom is 0.260 e. The Morgan fingerprint density at radius 3 is 2.60 bits per heavy atom. The van der Waals surface area contributed by atoms with Crippen LogP contribution >= 0.6 is 15.9 Å². The molecule has 0 spiro atoms. The minimum absolute atomic E-state index is 0.0119. The first kappa shape index (κ1) is 15.0. The number of hydrogen-bond acceptors (Lipinski definition) is 3. The van der Waals surface area contributed by atoms with Crippen LogP contribution in [0.2, 0.25) is 0 Å². The molecule has 108 valence electrons. The van der Waals surface area contributed by atoms with Crippen molar-refractivity contribution in [3.63, 3.8) is 0 Å². The van der Waals surface area contributed by atoms with Gasteiger partial charge in [-0.25, -0.2) is 0 Å². The first-order valence-electron chi connectivity index (χ1n) is 6.79. The number of benzene rings is 1. The molecule has 0 atom stereocenters. The first-order valence-corrected chi connectivity index (χ1v) is 7.58. The van der Waals surface area contributed by atoms with Gasteiger partial charge >= 0.3 is 0 Å². The predicted molar refractivity (Wildman–Crippen MR) is 80.1 cm³/mol. The highest BCUT2D eigenvalue weighted by atomic mass is 79.9. The van der Waals surface area contributed by atoms with Gasteiger partial charge in [-0.3, -0.25) is 9.59 Å². The quantitative estimate of drug-likeness (QED) is 0.792. The summed E-state index contributed by atoms with van der Waals surface area (Å²) in [5.41, 5.74) is 0.491. The molecule has 4 nitrogen and oxygen atoms in total. The summed E-state index contributed by atoms with van der Waals surface area (Å²) in [6.45, 7) is 3.09. The van der Waals surface area contributed by atoms with E-state index in [9.17, 15) is 9.59 Å². The fourth-order valence-electron chi connectivity index (χ4n) is 2.28. The Bertz CT molecular complexity index is 510. The second-order valence-electron chi connectivity index (χ2n) is 4.93. The maximum absolute atomic E-state index is 12.0. The molecule has 5 heteroatoms. The number of carbonyl (C=O) groups excluding carboxylic acids is 2. The molecule has 1 heterocycles. The van der Waals surface area contributed by atoms with Gasteiger partial charge in [-0.05, 0) is 44.4 Å². The molecule has 0 saturated carbocycles. The van der Waals surface area contributed by atoms with Crippen LogP contribution in [-0.4, -0.2) is 36.3 Å². The van der Waals surface area contributed by atoms with Crippen molar-refractivity contribution >= 4 is 27.6 Å². The number of amides is 1. The summed E-state index contributed by atoms with van der Waals surface area (Å²) in [5.74, 6) is 0.375. The maximum atomic E-state index is 12.0. The minimum Gasteiger partial charge on any atom is -0.483 e. The number of hydrogen-bond donors (Lipinski definition) is 0. The van der Waals surface area contributed by atoms with Crippen LogP contribution in [0, 0.1) is 0 Å². The molecule has 1 aromatic rings. The molecule has 0 unspecified atom stereocenters. The van der Waals surface area contributed by atoms with Crippen molar-refractivity contribution in [2.45, 2.75) is 26.2 Å². The number of carbonyl (C=O) groups is 2. The van der Waals surface area contributed by atoms with Crippen LogP contribution in [0.1, 0.15) is 36.5 Å². The van der Waals surface area contributed by atoms with Crippen molar-refractivity contribution in [2.75, 3.05) is 19.7 Å². The monoisotopic (exact) mass is 339 g/mol. The zero-order valence-electron chi connectivity index (χ0n) is 11.5. The third kappa shape index (κ3) is 3.82. The molecule has 20 heavy (non-hydrogen) atoms. The van der Waals surface area contributed by atoms with Crippen LogP contribution in [0.15, 0.2) is 22.7 Å². The van der Waals surface area contributed by atoms with Crippen LogP contribution < -0.4 is 4.74 Å². The predicted octanol–water partition coefficient (Wildman–Crippen LogP) is 3.04. The second-order valence-corrected chi connectivity index (χ2v) is 5.84. The number of rotatable bonds is 4. The van der Waals surface area contributed by atoms with E-state index in [1.54, 1.807) is 18.2 Å². The van der Waals surface area contributed by atoms with E-state index in [2.05, 4.69) is 15.9 Å². The summed E-state index contributed by atoms with van der Waals surface area (Å²) in [4.78, 5) is 25.4. The fraction of sp³-hybridized carbons (Fsp3) is 0.467. The molecule has 1 aromatic carbocycles. The summed E-state index contributed by atoms with van der Waals surface area (Å²) in [6.07, 6.45) is 3.30. The lowest BCUT2D eigenvalue weighted by molar-refractivity contribution is -0.134. The van der Waals surface area contributed by atoms with E-state index in [1.807, 2.05) is 4.90 Å². The number of halogens is 1. The standard InChI is InChI=1S/C15H18BrNO3/c1-11(18)13-9-12(16)5-6-14(13)20-10-15(19)17-7-3-2-4-8-17/h5-6,9H,2-4,7-8,10H2,1H3. The third-order valence-electron chi connectivity index (χ3n) is 3.38. The van der Waals surface area contributed by atoms with Crippen LogP contribution in [0.5, 0.6) is 5.75 Å². The molecule has 2 rings (SSSR count). The minimum atomic E-state index is -0.0771. The number of nitrogens with zero attached hydrogens (tertiary/aromatic N) is 1. The van der Waals surface area contributed by atoms with E-state index < -0.39 is 0 Å². The van der Waals surface area contributed by atoms with Gasteiger partial charge in [0.25, 0.3) is 5.91 Å². The molecule has 1 fully saturated rings. The summed E-state index contributed by atoms with van der Waals surface area (Å²) >= 11 is 3.32. The average Bonchev–Trinajstić information content (AvgIpc) is 2.46. The highest BCUT2D eigenvalue weighted by Crippen LogP contribution is 2.24. The Balaban J connectivity index is 1.99. The molecular formula is C15H18BrNO3. The summed E-state index contributed by atoms with van der Waals surface area (Å²) in [6, 6.07) is 5.22. The summed E-state index contributed by atoms with van der Waals surface area (Å²) in [7, 11) is 0. The van der Waals surface area contributed by atoms with Gasteiger partial charge in [-0.1, -0.05) is 15.9 Å². The normalized spacial score (nSPS) is 15.0. The lowest BCUT2D eigenvalue weighted by Gasteiger charge is -2.26. The molecule has 0 aromatic heterocycles. The molecule has 0 N–H and O–H groups in total. The molecule has 1 saturated heterocycles. The first-order chi connectivity index (χ1) is 9.58. The van der Waals surface area contributed by atoms with E-state index >= 15 is 0 Å². The average molecular weight is 340 g/mol. The van der Waals surface area contributed by atoms with Crippen molar-refractivity contribution in [2.24, 2.45) is 0 Å². The van der Waals surface area contributed by atoms with Crippen molar-refractivity contribution in [1.29, 1.82) is 0 Å². The molecule has 1 aliphatic rings.